The van der Waals surface area contributed by atoms with Gasteiger partial charge in [0.25, 0.3) is 5.91 Å². The Morgan fingerprint density at radius 1 is 1.40 bits per heavy atom. The third-order valence-corrected chi connectivity index (χ3v) is 3.80. The van der Waals surface area contributed by atoms with Gasteiger partial charge in [0.1, 0.15) is 0 Å². The molecule has 20 heavy (non-hydrogen) atoms. The van der Waals surface area contributed by atoms with Gasteiger partial charge in [-0.15, -0.1) is 10.2 Å². The van der Waals surface area contributed by atoms with Gasteiger partial charge in [0.05, 0.1) is 10.7 Å². The van der Waals surface area contributed by atoms with Crippen LogP contribution in [0.15, 0.2) is 18.2 Å². The highest BCUT2D eigenvalue weighted by Crippen LogP contribution is 2.26. The summed E-state index contributed by atoms with van der Waals surface area (Å²) in [6.45, 7) is 4.75. The molecule has 1 amide bonds. The van der Waals surface area contributed by atoms with Crippen LogP contribution in [0.4, 0.5) is 10.8 Å². The number of carbonyl (C=O) groups excluding carboxylic acids is 1. The second-order valence-corrected chi connectivity index (χ2v) is 5.61. The first kappa shape index (κ1) is 14.7. The summed E-state index contributed by atoms with van der Waals surface area (Å²) in [5, 5.41) is 15.1. The number of amides is 1. The van der Waals surface area contributed by atoms with Crippen molar-refractivity contribution in [3.63, 3.8) is 0 Å². The lowest BCUT2D eigenvalue weighted by molar-refractivity contribution is 0.102. The van der Waals surface area contributed by atoms with Crippen LogP contribution in [0, 0.1) is 6.92 Å². The van der Waals surface area contributed by atoms with Crippen molar-refractivity contribution in [2.75, 3.05) is 17.2 Å². The summed E-state index contributed by atoms with van der Waals surface area (Å²) >= 11 is 7.30. The predicted octanol–water partition coefficient (Wildman–Crippen LogP) is 3.57. The average molecular weight is 311 g/mol. The first-order valence-electron chi connectivity index (χ1n) is 6.25. The minimum Gasteiger partial charge on any atom is -0.360 e. The molecule has 0 spiro atoms. The zero-order valence-electron chi connectivity index (χ0n) is 11.2. The average Bonchev–Trinajstić information content (AvgIpc) is 2.89. The Hall–Kier alpha value is -1.66. The van der Waals surface area contributed by atoms with Crippen LogP contribution in [-0.4, -0.2) is 22.6 Å². The Morgan fingerprint density at radius 2 is 2.20 bits per heavy atom. The standard InChI is InChI=1S/C13H15ClN4OS/c1-3-7-15-13-18-17-12(20-13)11(19)16-10-8(2)5-4-6-9(10)14/h4-6H,3,7H2,1-2H3,(H,15,18)(H,16,19). The number of anilines is 2. The molecule has 0 bridgehead atoms. The van der Waals surface area contributed by atoms with Gasteiger partial charge in [-0.05, 0) is 25.0 Å². The van der Waals surface area contributed by atoms with Gasteiger partial charge in [0.15, 0.2) is 0 Å². The van der Waals surface area contributed by atoms with E-state index in [1.54, 1.807) is 6.07 Å². The zero-order valence-corrected chi connectivity index (χ0v) is 12.8. The van der Waals surface area contributed by atoms with E-state index in [0.29, 0.717) is 20.8 Å². The molecule has 1 heterocycles. The Labute approximate surface area is 126 Å². The van der Waals surface area contributed by atoms with Crippen molar-refractivity contribution in [2.24, 2.45) is 0 Å². The zero-order chi connectivity index (χ0) is 14.5. The Balaban J connectivity index is 2.10. The van der Waals surface area contributed by atoms with Crippen LogP contribution in [-0.2, 0) is 0 Å². The quantitative estimate of drug-likeness (QED) is 0.886. The van der Waals surface area contributed by atoms with Crippen molar-refractivity contribution >= 4 is 39.7 Å². The van der Waals surface area contributed by atoms with E-state index in [1.807, 2.05) is 19.1 Å². The van der Waals surface area contributed by atoms with Gasteiger partial charge >= 0.3 is 0 Å². The van der Waals surface area contributed by atoms with Crippen LogP contribution >= 0.6 is 22.9 Å². The van der Waals surface area contributed by atoms with Gasteiger partial charge in [0, 0.05) is 6.54 Å². The molecule has 2 rings (SSSR count). The normalized spacial score (nSPS) is 10.3. The number of benzene rings is 1. The molecule has 2 N–H and O–H groups in total. The van der Waals surface area contributed by atoms with E-state index < -0.39 is 0 Å². The molecule has 106 valence electrons. The van der Waals surface area contributed by atoms with E-state index in [9.17, 15) is 4.79 Å². The van der Waals surface area contributed by atoms with E-state index in [-0.39, 0.29) is 5.91 Å². The van der Waals surface area contributed by atoms with Gasteiger partial charge in [0.2, 0.25) is 10.1 Å². The third kappa shape index (κ3) is 3.46. The lowest BCUT2D eigenvalue weighted by Crippen LogP contribution is -2.12. The largest absolute Gasteiger partial charge is 0.360 e. The van der Waals surface area contributed by atoms with E-state index in [4.69, 9.17) is 11.6 Å². The summed E-state index contributed by atoms with van der Waals surface area (Å²) < 4.78 is 0. The molecule has 0 fully saturated rings. The number of aryl methyl sites for hydroxylation is 1. The first-order chi connectivity index (χ1) is 9.61. The minimum atomic E-state index is -0.303. The molecule has 0 unspecified atom stereocenters. The van der Waals surface area contributed by atoms with Crippen LogP contribution in [0.2, 0.25) is 5.02 Å². The van der Waals surface area contributed by atoms with E-state index >= 15 is 0 Å². The molecule has 0 radical (unpaired) electrons. The summed E-state index contributed by atoms with van der Waals surface area (Å²) in [5.41, 5.74) is 1.51. The molecule has 0 saturated carbocycles. The number of halogens is 1. The highest BCUT2D eigenvalue weighted by molar-refractivity contribution is 7.17. The Morgan fingerprint density at radius 3 is 2.90 bits per heavy atom. The van der Waals surface area contributed by atoms with Gasteiger partial charge in [-0.3, -0.25) is 4.79 Å². The fourth-order valence-corrected chi connectivity index (χ4v) is 2.51. The summed E-state index contributed by atoms with van der Waals surface area (Å²) in [6, 6.07) is 5.46. The highest BCUT2D eigenvalue weighted by atomic mass is 35.5. The van der Waals surface area contributed by atoms with Crippen LogP contribution in [0.25, 0.3) is 0 Å². The van der Waals surface area contributed by atoms with Crippen molar-refractivity contribution in [3.05, 3.63) is 33.8 Å². The van der Waals surface area contributed by atoms with Gasteiger partial charge < -0.3 is 10.6 Å². The summed E-state index contributed by atoms with van der Waals surface area (Å²) in [5.74, 6) is -0.303. The molecule has 0 aliphatic heterocycles. The number of carbonyl (C=O) groups is 1. The van der Waals surface area contributed by atoms with Gasteiger partial charge in [-0.1, -0.05) is 42.0 Å². The SMILES string of the molecule is CCCNc1nnc(C(=O)Nc2c(C)cccc2Cl)s1. The maximum Gasteiger partial charge on any atom is 0.286 e. The molecule has 0 saturated heterocycles. The minimum absolute atomic E-state index is 0.303. The van der Waals surface area contributed by atoms with Crippen molar-refractivity contribution in [3.8, 4) is 0 Å². The molecule has 7 heteroatoms. The van der Waals surface area contributed by atoms with E-state index in [0.717, 1.165) is 18.5 Å². The van der Waals surface area contributed by atoms with Crippen LogP contribution in [0.5, 0.6) is 0 Å². The van der Waals surface area contributed by atoms with Crippen molar-refractivity contribution in [1.82, 2.24) is 10.2 Å². The molecule has 5 nitrogen and oxygen atoms in total. The molecule has 0 aliphatic rings. The maximum absolute atomic E-state index is 12.1. The van der Waals surface area contributed by atoms with Crippen molar-refractivity contribution in [2.45, 2.75) is 20.3 Å². The fraction of sp³-hybridized carbons (Fsp3) is 0.308. The second-order valence-electron chi connectivity index (χ2n) is 4.23. The lowest BCUT2D eigenvalue weighted by Gasteiger charge is -2.08. The highest BCUT2D eigenvalue weighted by Gasteiger charge is 2.15. The number of rotatable bonds is 5. The monoisotopic (exact) mass is 310 g/mol. The number of aromatic nitrogens is 2. The number of hydrogen-bond donors (Lipinski definition) is 2. The maximum atomic E-state index is 12.1. The molecule has 0 atom stereocenters. The molecular formula is C13H15ClN4OS. The molecular weight excluding hydrogens is 296 g/mol. The molecule has 1 aromatic heterocycles. The number of nitrogens with one attached hydrogen (secondary N) is 2. The van der Waals surface area contributed by atoms with Crippen LogP contribution < -0.4 is 10.6 Å². The first-order valence-corrected chi connectivity index (χ1v) is 7.45. The fourth-order valence-electron chi connectivity index (χ4n) is 1.58. The molecule has 0 aliphatic carbocycles. The van der Waals surface area contributed by atoms with Crippen molar-refractivity contribution < 1.29 is 4.79 Å². The van der Waals surface area contributed by atoms with Crippen LogP contribution in [0.1, 0.15) is 28.7 Å². The van der Waals surface area contributed by atoms with Gasteiger partial charge in [-0.25, -0.2) is 0 Å². The predicted molar refractivity (Wildman–Crippen MR) is 82.8 cm³/mol. The lowest BCUT2D eigenvalue weighted by atomic mass is 10.2. The van der Waals surface area contributed by atoms with E-state index in [2.05, 4.69) is 27.8 Å². The smallest absolute Gasteiger partial charge is 0.286 e. The Bertz CT molecular complexity index is 594. The second kappa shape index (κ2) is 6.67. The summed E-state index contributed by atoms with van der Waals surface area (Å²) in [7, 11) is 0. The van der Waals surface area contributed by atoms with Crippen molar-refractivity contribution in [1.29, 1.82) is 0 Å². The van der Waals surface area contributed by atoms with E-state index in [1.165, 1.54) is 11.3 Å². The number of nitrogens with zero attached hydrogens (tertiary/aromatic N) is 2. The Kier molecular flexibility index (Phi) is 4.92. The topological polar surface area (TPSA) is 66.9 Å². The third-order valence-electron chi connectivity index (χ3n) is 2.61. The van der Waals surface area contributed by atoms with Gasteiger partial charge in [-0.2, -0.15) is 0 Å². The summed E-state index contributed by atoms with van der Waals surface area (Å²) in [6.07, 6.45) is 0.986. The number of hydrogen-bond acceptors (Lipinski definition) is 5. The molecule has 2 aromatic rings. The van der Waals surface area contributed by atoms with Crippen LogP contribution in [0.3, 0.4) is 0 Å². The molecule has 1 aromatic carbocycles. The number of para-hydroxylation sites is 1. The summed E-state index contributed by atoms with van der Waals surface area (Å²) in [4.78, 5) is 12.1.